The Morgan fingerprint density at radius 3 is 1.96 bits per heavy atom. The maximum absolute atomic E-state index is 3.90. The third-order valence-electron chi connectivity index (χ3n) is 9.74. The monoisotopic (exact) mass is 743 g/mol. The third-order valence-corrected chi connectivity index (χ3v) is 9.74. The van der Waals surface area contributed by atoms with Crippen LogP contribution in [0.5, 0.6) is 0 Å². The summed E-state index contributed by atoms with van der Waals surface area (Å²) in [6.45, 7) is 2.31. The Labute approximate surface area is 318 Å². The summed E-state index contributed by atoms with van der Waals surface area (Å²) in [4.78, 5) is 0. The average molecular weight is 746 g/mol. The number of fused-ring (bicyclic) bond motifs is 4. The Balaban J connectivity index is 0.00000139. The molecule has 0 aromatic heterocycles. The fourth-order valence-electron chi connectivity index (χ4n) is 7.69. The molecule has 9 rings (SSSR count). The van der Waals surface area contributed by atoms with Crippen molar-refractivity contribution in [3.63, 3.8) is 0 Å². The van der Waals surface area contributed by atoms with Crippen LogP contribution in [-0.4, -0.2) is 0 Å². The van der Waals surface area contributed by atoms with Gasteiger partial charge in [-0.25, -0.2) is 0 Å². The van der Waals surface area contributed by atoms with Gasteiger partial charge in [-0.2, -0.15) is 0 Å². The molecule has 0 nitrogen and oxygen atoms in total. The molecule has 1 radical (unpaired) electrons. The van der Waals surface area contributed by atoms with Crippen LogP contribution < -0.4 is 35.3 Å². The molecule has 1 unspecified atom stereocenters. The number of hydrogen-bond acceptors (Lipinski definition) is 0. The topological polar surface area (TPSA) is 0 Å². The van der Waals surface area contributed by atoms with E-state index >= 15 is 0 Å². The van der Waals surface area contributed by atoms with Gasteiger partial charge in [-0.1, -0.05) is 163 Å². The summed E-state index contributed by atoms with van der Waals surface area (Å²) in [6, 6.07) is 57.5. The van der Waals surface area contributed by atoms with Crippen molar-refractivity contribution in [2.24, 2.45) is 0 Å². The first-order valence-electron chi connectivity index (χ1n) is 16.1. The molecule has 7 aromatic rings. The zero-order chi connectivity index (χ0) is 30.6. The van der Waals surface area contributed by atoms with Crippen molar-refractivity contribution in [1.29, 1.82) is 0 Å². The molecule has 0 bridgehead atoms. The Hall–Kier alpha value is -4.26. The second-order valence-corrected chi connectivity index (χ2v) is 12.4. The second-order valence-electron chi connectivity index (χ2n) is 12.4. The van der Waals surface area contributed by atoms with Gasteiger partial charge in [0.2, 0.25) is 0 Å². The van der Waals surface area contributed by atoms with Gasteiger partial charge in [0.15, 0.2) is 0 Å². The molecule has 233 valence electrons. The maximum Gasteiger partial charge on any atom is 3.00 e. The second kappa shape index (κ2) is 14.3. The van der Waals surface area contributed by atoms with Crippen molar-refractivity contribution in [3.05, 3.63) is 218 Å². The Morgan fingerprint density at radius 2 is 1.22 bits per heavy atom. The number of halogens is 2. The van der Waals surface area contributed by atoms with Crippen LogP contribution in [0, 0.1) is 10.4 Å². The van der Waals surface area contributed by atoms with E-state index in [4.69, 9.17) is 0 Å². The van der Waals surface area contributed by atoms with Crippen molar-refractivity contribution in [2.45, 2.75) is 12.8 Å². The number of hydrogen-bond donors (Lipinski definition) is 0. The summed E-state index contributed by atoms with van der Waals surface area (Å²) in [5, 5.41) is 7.49. The van der Waals surface area contributed by atoms with Gasteiger partial charge in [0, 0.05) is 5.92 Å². The largest absolute Gasteiger partial charge is 3.00 e. The standard InChI is InChI=1S/C46H31.2ClH.Zr/c1-30-27-42-38(36-24-23-31-13-8-9-18-34(31)28-36)21-12-22-40(42)44(30)46-41(26-25-39-37-20-11-10-19-35(37)29-43(39)46)45(32-14-4-2-5-15-32)33-16-6-3-7-17-33;;;/h2-28,44H,1H3;2*1H;/q-1;;;+3/p-2. The van der Waals surface area contributed by atoms with Crippen LogP contribution in [0.1, 0.15) is 46.2 Å². The van der Waals surface area contributed by atoms with Gasteiger partial charge in [0.25, 0.3) is 0 Å². The van der Waals surface area contributed by atoms with Crippen LogP contribution >= 0.6 is 0 Å². The van der Waals surface area contributed by atoms with Crippen molar-refractivity contribution >= 4 is 28.5 Å². The SMILES string of the molecule is CC1=Cc2c(-c3ccc4ccccc4c3)cccc2C1c1c2c(ccc1=C(c1ccccc1)c1ccccc1)=c1ccccc1=[C-]2.[Cl-].[Cl-].[Zr+3]. The molecule has 0 heterocycles. The zero-order valence-corrected chi connectivity index (χ0v) is 30.9. The minimum atomic E-state index is 0. The molecule has 0 saturated heterocycles. The minimum Gasteiger partial charge on any atom is -1.00 e. The fourth-order valence-corrected chi connectivity index (χ4v) is 7.69. The van der Waals surface area contributed by atoms with Crippen molar-refractivity contribution in [3.8, 4) is 11.1 Å². The number of rotatable bonds is 4. The summed E-state index contributed by atoms with van der Waals surface area (Å²) in [5.74, 6) is 0.101. The van der Waals surface area contributed by atoms with Gasteiger partial charge >= 0.3 is 26.2 Å². The van der Waals surface area contributed by atoms with Gasteiger partial charge in [-0.15, -0.1) is 33.4 Å². The summed E-state index contributed by atoms with van der Waals surface area (Å²) in [6.07, 6.45) is 6.33. The molecule has 3 heteroatoms. The molecule has 1 atom stereocenters. The smallest absolute Gasteiger partial charge is 1.00 e. The van der Waals surface area contributed by atoms with Gasteiger partial charge in [-0.05, 0) is 67.9 Å². The molecule has 0 fully saturated rings. The van der Waals surface area contributed by atoms with Crippen LogP contribution in [0.2, 0.25) is 0 Å². The molecule has 0 N–H and O–H groups in total. The molecule has 0 saturated carbocycles. The summed E-state index contributed by atoms with van der Waals surface area (Å²) in [7, 11) is 0. The van der Waals surface area contributed by atoms with Crippen LogP contribution in [-0.2, 0) is 26.2 Å². The van der Waals surface area contributed by atoms with Gasteiger partial charge in [-0.3, -0.25) is 0 Å². The molecule has 0 amide bonds. The number of benzene rings is 7. The van der Waals surface area contributed by atoms with E-state index in [0.717, 1.165) is 0 Å². The van der Waals surface area contributed by atoms with E-state index in [9.17, 15) is 0 Å². The first kappa shape index (κ1) is 34.6. The minimum absolute atomic E-state index is 0. The third kappa shape index (κ3) is 5.89. The van der Waals surface area contributed by atoms with Gasteiger partial charge < -0.3 is 24.8 Å². The molecular weight excluding hydrogens is 715 g/mol. The normalized spacial score (nSPS) is 13.4. The van der Waals surface area contributed by atoms with E-state index in [1.807, 2.05) is 0 Å². The molecule has 2 aliphatic carbocycles. The Morgan fingerprint density at radius 1 is 0.571 bits per heavy atom. The molecule has 7 aromatic carbocycles. The molecule has 49 heavy (non-hydrogen) atoms. The van der Waals surface area contributed by atoms with E-state index in [0.29, 0.717) is 0 Å². The first-order valence-corrected chi connectivity index (χ1v) is 16.1. The van der Waals surface area contributed by atoms with Crippen molar-refractivity contribution < 1.29 is 51.0 Å². The summed E-state index contributed by atoms with van der Waals surface area (Å²) >= 11 is 0. The predicted octanol–water partition coefficient (Wildman–Crippen LogP) is 3.61. The van der Waals surface area contributed by atoms with Crippen LogP contribution in [0.25, 0.3) is 39.6 Å². The molecule has 0 aliphatic heterocycles. The predicted molar refractivity (Wildman–Crippen MR) is 192 cm³/mol. The van der Waals surface area contributed by atoms with Gasteiger partial charge in [0.1, 0.15) is 0 Å². The van der Waals surface area contributed by atoms with Crippen molar-refractivity contribution in [2.75, 3.05) is 0 Å². The van der Waals surface area contributed by atoms with E-state index in [1.165, 1.54) is 87.3 Å². The molecular formula is C46H31Cl2Zr. The maximum atomic E-state index is 3.90. The number of allylic oxidation sites excluding steroid dienone is 1. The van der Waals surface area contributed by atoms with Gasteiger partial charge in [0.05, 0.1) is 0 Å². The van der Waals surface area contributed by atoms with Crippen LogP contribution in [0.3, 0.4) is 0 Å². The van der Waals surface area contributed by atoms with E-state index in [2.05, 4.69) is 177 Å². The van der Waals surface area contributed by atoms with Crippen LogP contribution in [0.15, 0.2) is 163 Å². The fraction of sp³-hybridized carbons (Fsp3) is 0.0435. The molecule has 2 aliphatic rings. The Kier molecular flexibility index (Phi) is 10.1. The first-order chi connectivity index (χ1) is 22.7. The Bertz CT molecular complexity index is 2550. The quantitative estimate of drug-likeness (QED) is 0.242. The van der Waals surface area contributed by atoms with E-state index < -0.39 is 0 Å². The average Bonchev–Trinajstić information content (AvgIpc) is 3.66. The molecule has 0 spiro atoms. The summed E-state index contributed by atoms with van der Waals surface area (Å²) in [5.41, 5.74) is 12.8. The van der Waals surface area contributed by atoms with Crippen molar-refractivity contribution in [1.82, 2.24) is 0 Å². The van der Waals surface area contributed by atoms with Crippen LogP contribution in [0.4, 0.5) is 0 Å². The zero-order valence-electron chi connectivity index (χ0n) is 26.9. The van der Waals surface area contributed by atoms with E-state index in [-0.39, 0.29) is 56.9 Å². The summed E-state index contributed by atoms with van der Waals surface area (Å²) < 4.78 is 0. The van der Waals surface area contributed by atoms with E-state index in [1.54, 1.807) is 0 Å².